The fourth-order valence-electron chi connectivity index (χ4n) is 4.07. The summed E-state index contributed by atoms with van der Waals surface area (Å²) in [5.74, 6) is -0.299. The van der Waals surface area contributed by atoms with Crippen LogP contribution >= 0.6 is 0 Å². The van der Waals surface area contributed by atoms with Gasteiger partial charge in [-0.3, -0.25) is 19.4 Å². The zero-order chi connectivity index (χ0) is 22.9. The van der Waals surface area contributed by atoms with Crippen molar-refractivity contribution in [3.8, 4) is 5.75 Å². The van der Waals surface area contributed by atoms with E-state index in [0.717, 1.165) is 23.3 Å². The van der Waals surface area contributed by atoms with Gasteiger partial charge in [0, 0.05) is 30.5 Å². The number of hydrogen-bond acceptors (Lipinski definition) is 5. The minimum atomic E-state index is -0.430. The third-order valence-electron chi connectivity index (χ3n) is 5.89. The minimum absolute atomic E-state index is 0.142. The van der Waals surface area contributed by atoms with Crippen LogP contribution in [0.5, 0.6) is 5.75 Å². The van der Waals surface area contributed by atoms with E-state index in [9.17, 15) is 14.4 Å². The van der Waals surface area contributed by atoms with Crippen molar-refractivity contribution in [2.75, 3.05) is 11.5 Å². The molecule has 0 spiro atoms. The average molecular weight is 441 g/mol. The maximum Gasteiger partial charge on any atom is 0.266 e. The quantitative estimate of drug-likeness (QED) is 0.516. The molecule has 0 N–H and O–H groups in total. The fourth-order valence-corrected chi connectivity index (χ4v) is 4.07. The first kappa shape index (κ1) is 20.9. The van der Waals surface area contributed by atoms with Crippen molar-refractivity contribution in [1.29, 1.82) is 0 Å². The Morgan fingerprint density at radius 1 is 1.00 bits per heavy atom. The van der Waals surface area contributed by atoms with Crippen LogP contribution in [-0.2, 0) is 6.54 Å². The molecule has 166 valence electrons. The normalized spacial score (nSPS) is 14.9. The Bertz CT molecular complexity index is 1220. The van der Waals surface area contributed by atoms with Crippen molar-refractivity contribution < 1.29 is 19.1 Å². The van der Waals surface area contributed by atoms with Gasteiger partial charge in [0.2, 0.25) is 0 Å². The highest BCUT2D eigenvalue weighted by atomic mass is 16.5. The van der Waals surface area contributed by atoms with Gasteiger partial charge in [-0.2, -0.15) is 0 Å². The monoisotopic (exact) mass is 441 g/mol. The zero-order valence-electron chi connectivity index (χ0n) is 18.2. The molecule has 5 rings (SSSR count). The van der Waals surface area contributed by atoms with E-state index in [-0.39, 0.29) is 17.5 Å². The van der Waals surface area contributed by atoms with Crippen molar-refractivity contribution in [2.24, 2.45) is 0 Å². The second-order valence-corrected chi connectivity index (χ2v) is 8.15. The van der Waals surface area contributed by atoms with Gasteiger partial charge in [-0.25, -0.2) is 4.90 Å². The number of fused-ring (bicyclic) bond motifs is 1. The number of rotatable bonds is 7. The molecule has 3 aromatic rings. The summed E-state index contributed by atoms with van der Waals surface area (Å²) in [6.07, 6.45) is 5.34. The van der Waals surface area contributed by atoms with Gasteiger partial charge >= 0.3 is 0 Å². The molecule has 0 bridgehead atoms. The van der Waals surface area contributed by atoms with Crippen molar-refractivity contribution in [3.05, 3.63) is 89.2 Å². The molecule has 1 aliphatic heterocycles. The van der Waals surface area contributed by atoms with Gasteiger partial charge in [-0.15, -0.1) is 0 Å². The standard InChI is InChI=1S/C26H23N3O4/c1-2-33-21-8-6-20(7-9-21)29-25(31)22-10-3-18(15-23(22)26(29)32)24(30)28(19-4-5-19)16-17-11-13-27-14-12-17/h3,6-15,19H,2,4-5,16H2,1H3. The highest BCUT2D eigenvalue weighted by Gasteiger charge is 2.38. The second kappa shape index (κ2) is 8.50. The van der Waals surface area contributed by atoms with Gasteiger partial charge in [0.1, 0.15) is 5.75 Å². The van der Waals surface area contributed by atoms with Gasteiger partial charge in [0.15, 0.2) is 0 Å². The highest BCUT2D eigenvalue weighted by molar-refractivity contribution is 6.34. The highest BCUT2D eigenvalue weighted by Crippen LogP contribution is 2.33. The van der Waals surface area contributed by atoms with Crippen LogP contribution in [0.15, 0.2) is 67.0 Å². The van der Waals surface area contributed by atoms with Gasteiger partial charge in [0.05, 0.1) is 23.4 Å². The van der Waals surface area contributed by atoms with Crippen LogP contribution in [0.25, 0.3) is 0 Å². The molecular weight excluding hydrogens is 418 g/mol. The number of aromatic nitrogens is 1. The lowest BCUT2D eigenvalue weighted by molar-refractivity contribution is 0.0729. The first-order valence-corrected chi connectivity index (χ1v) is 11.0. The van der Waals surface area contributed by atoms with Crippen molar-refractivity contribution in [3.63, 3.8) is 0 Å². The number of ether oxygens (including phenoxy) is 1. The molecule has 7 nitrogen and oxygen atoms in total. The Labute approximate surface area is 191 Å². The maximum absolute atomic E-state index is 13.4. The van der Waals surface area contributed by atoms with E-state index >= 15 is 0 Å². The van der Waals surface area contributed by atoms with E-state index in [2.05, 4.69) is 4.98 Å². The molecule has 0 atom stereocenters. The second-order valence-electron chi connectivity index (χ2n) is 8.15. The van der Waals surface area contributed by atoms with Gasteiger partial charge in [-0.1, -0.05) is 0 Å². The molecule has 1 saturated carbocycles. The summed E-state index contributed by atoms with van der Waals surface area (Å²) < 4.78 is 5.44. The van der Waals surface area contributed by atoms with Crippen LogP contribution in [-0.4, -0.2) is 40.3 Å². The predicted molar refractivity (Wildman–Crippen MR) is 122 cm³/mol. The SMILES string of the molecule is CCOc1ccc(N2C(=O)c3ccc(C(=O)N(Cc4ccncc4)C4CC4)cc3C2=O)cc1. The summed E-state index contributed by atoms with van der Waals surface area (Å²) in [5.41, 5.74) is 2.43. The third-order valence-corrected chi connectivity index (χ3v) is 5.89. The number of nitrogens with zero attached hydrogens (tertiary/aromatic N) is 3. The van der Waals surface area contributed by atoms with Gasteiger partial charge in [-0.05, 0) is 79.9 Å². The van der Waals surface area contributed by atoms with Crippen LogP contribution in [0.3, 0.4) is 0 Å². The van der Waals surface area contributed by atoms with Crippen molar-refractivity contribution in [1.82, 2.24) is 9.88 Å². The summed E-state index contributed by atoms with van der Waals surface area (Å²) in [6, 6.07) is 15.6. The predicted octanol–water partition coefficient (Wildman–Crippen LogP) is 4.09. The number of benzene rings is 2. The number of hydrogen-bond donors (Lipinski definition) is 0. The molecule has 33 heavy (non-hydrogen) atoms. The van der Waals surface area contributed by atoms with Crippen LogP contribution in [0.1, 0.15) is 56.4 Å². The van der Waals surface area contributed by atoms with Crippen molar-refractivity contribution >= 4 is 23.4 Å². The lowest BCUT2D eigenvalue weighted by Crippen LogP contribution is -2.32. The molecule has 2 heterocycles. The number of carbonyl (C=O) groups excluding carboxylic acids is 3. The Morgan fingerprint density at radius 2 is 1.70 bits per heavy atom. The number of pyridine rings is 1. The fraction of sp³-hybridized carbons (Fsp3) is 0.231. The first-order valence-electron chi connectivity index (χ1n) is 11.0. The Hall–Kier alpha value is -4.00. The summed E-state index contributed by atoms with van der Waals surface area (Å²) >= 11 is 0. The van der Waals surface area contributed by atoms with E-state index in [4.69, 9.17) is 4.74 Å². The molecule has 0 unspecified atom stereocenters. The first-order chi connectivity index (χ1) is 16.1. The molecule has 0 radical (unpaired) electrons. The van der Waals surface area contributed by atoms with E-state index in [1.165, 1.54) is 0 Å². The topological polar surface area (TPSA) is 79.8 Å². The maximum atomic E-state index is 13.4. The number of carbonyl (C=O) groups is 3. The van der Waals surface area contributed by atoms with E-state index < -0.39 is 11.8 Å². The minimum Gasteiger partial charge on any atom is -0.494 e. The van der Waals surface area contributed by atoms with Crippen LogP contribution in [0, 0.1) is 0 Å². The summed E-state index contributed by atoms with van der Waals surface area (Å²) in [4.78, 5) is 46.5. The smallest absolute Gasteiger partial charge is 0.266 e. The summed E-state index contributed by atoms with van der Waals surface area (Å²) in [5, 5.41) is 0. The molecule has 7 heteroatoms. The van der Waals surface area contributed by atoms with E-state index in [1.807, 2.05) is 24.0 Å². The number of imide groups is 1. The Morgan fingerprint density at radius 3 is 2.36 bits per heavy atom. The van der Waals surface area contributed by atoms with Crippen LogP contribution < -0.4 is 9.64 Å². The van der Waals surface area contributed by atoms with Gasteiger partial charge < -0.3 is 9.64 Å². The largest absolute Gasteiger partial charge is 0.494 e. The van der Waals surface area contributed by atoms with Crippen LogP contribution in [0.2, 0.25) is 0 Å². The Balaban J connectivity index is 1.41. The number of anilines is 1. The molecule has 3 amide bonds. The van der Waals surface area contributed by atoms with E-state index in [1.54, 1.807) is 54.9 Å². The van der Waals surface area contributed by atoms with E-state index in [0.29, 0.717) is 35.7 Å². The summed E-state index contributed by atoms with van der Waals surface area (Å²) in [6.45, 7) is 2.90. The summed E-state index contributed by atoms with van der Waals surface area (Å²) in [7, 11) is 0. The molecule has 1 fully saturated rings. The number of amides is 3. The molecule has 1 aromatic heterocycles. The zero-order valence-corrected chi connectivity index (χ0v) is 18.2. The van der Waals surface area contributed by atoms with Gasteiger partial charge in [0.25, 0.3) is 17.7 Å². The van der Waals surface area contributed by atoms with Crippen LogP contribution in [0.4, 0.5) is 5.69 Å². The Kier molecular flexibility index (Phi) is 5.38. The third kappa shape index (κ3) is 3.98. The molecular formula is C26H23N3O4. The lowest BCUT2D eigenvalue weighted by atomic mass is 10.0. The average Bonchev–Trinajstić information content (AvgIpc) is 3.65. The molecule has 2 aliphatic rings. The molecule has 0 saturated heterocycles. The molecule has 1 aliphatic carbocycles. The molecule has 2 aromatic carbocycles. The lowest BCUT2D eigenvalue weighted by Gasteiger charge is -2.23. The van der Waals surface area contributed by atoms with Crippen molar-refractivity contribution in [2.45, 2.75) is 32.4 Å².